The maximum absolute atomic E-state index is 6.27. The number of nitrogens with zero attached hydrogens (tertiary/aromatic N) is 2. The maximum Gasteiger partial charge on any atom is 0.112 e. The van der Waals surface area contributed by atoms with Gasteiger partial charge in [-0.1, -0.05) is 23.7 Å². The van der Waals surface area contributed by atoms with Gasteiger partial charge in [-0.25, -0.2) is 4.98 Å². The Morgan fingerprint density at radius 3 is 2.82 bits per heavy atom. The summed E-state index contributed by atoms with van der Waals surface area (Å²) in [6.07, 6.45) is 4.51. The Morgan fingerprint density at radius 1 is 1.41 bits per heavy atom. The summed E-state index contributed by atoms with van der Waals surface area (Å²) in [5.41, 5.74) is 2.31. The van der Waals surface area contributed by atoms with E-state index in [1.165, 1.54) is 5.56 Å². The van der Waals surface area contributed by atoms with Gasteiger partial charge in [0.25, 0.3) is 0 Å². The molecule has 0 bridgehead atoms. The second-order valence-electron chi connectivity index (χ2n) is 4.09. The first-order chi connectivity index (χ1) is 8.20. The topological polar surface area (TPSA) is 29.9 Å². The number of rotatable bonds is 4. The molecule has 0 saturated carbocycles. The normalized spacial score (nSPS) is 10.8. The molecule has 17 heavy (non-hydrogen) atoms. The van der Waals surface area contributed by atoms with Crippen LogP contribution in [0.25, 0.3) is 0 Å². The van der Waals surface area contributed by atoms with Gasteiger partial charge in [0.1, 0.15) is 5.82 Å². The first kappa shape index (κ1) is 12.1. The summed E-state index contributed by atoms with van der Waals surface area (Å²) in [7, 11) is 3.92. The van der Waals surface area contributed by atoms with Gasteiger partial charge in [-0.2, -0.15) is 0 Å². The number of imidazole rings is 1. The Kier molecular flexibility index (Phi) is 3.82. The Labute approximate surface area is 106 Å². The number of halogens is 1. The molecule has 1 N–H and O–H groups in total. The van der Waals surface area contributed by atoms with E-state index in [4.69, 9.17) is 11.6 Å². The Bertz CT molecular complexity index is 505. The molecular weight excluding hydrogens is 234 g/mol. The lowest BCUT2D eigenvalue weighted by molar-refractivity contribution is 0.811. The molecule has 1 aromatic heterocycles. The molecular formula is C13H16ClN3. The van der Waals surface area contributed by atoms with Gasteiger partial charge in [0.2, 0.25) is 0 Å². The first-order valence-corrected chi connectivity index (χ1v) is 5.96. The zero-order chi connectivity index (χ0) is 12.3. The van der Waals surface area contributed by atoms with E-state index in [-0.39, 0.29) is 0 Å². The first-order valence-electron chi connectivity index (χ1n) is 5.59. The van der Waals surface area contributed by atoms with E-state index in [9.17, 15) is 0 Å². The highest BCUT2D eigenvalue weighted by atomic mass is 35.5. The van der Waals surface area contributed by atoms with Crippen LogP contribution in [0.15, 0.2) is 30.6 Å². The summed E-state index contributed by atoms with van der Waals surface area (Å²) in [6.45, 7) is 0.836. The molecule has 1 aromatic carbocycles. The number of aromatic nitrogens is 2. The van der Waals surface area contributed by atoms with E-state index in [0.29, 0.717) is 0 Å². The third-order valence-electron chi connectivity index (χ3n) is 2.77. The minimum Gasteiger partial charge on any atom is -0.338 e. The molecule has 0 radical (unpaired) electrons. The lowest BCUT2D eigenvalue weighted by Crippen LogP contribution is -2.05. The molecule has 0 unspecified atom stereocenters. The van der Waals surface area contributed by atoms with Crippen molar-refractivity contribution < 1.29 is 0 Å². The van der Waals surface area contributed by atoms with Crippen molar-refractivity contribution in [1.82, 2.24) is 14.9 Å². The van der Waals surface area contributed by atoms with Gasteiger partial charge in [-0.15, -0.1) is 0 Å². The minimum absolute atomic E-state index is 0.766. The minimum atomic E-state index is 0.766. The van der Waals surface area contributed by atoms with Crippen LogP contribution in [0.3, 0.4) is 0 Å². The Morgan fingerprint density at radius 2 is 2.24 bits per heavy atom. The number of aryl methyl sites for hydroxylation is 1. The van der Waals surface area contributed by atoms with Gasteiger partial charge in [0.15, 0.2) is 0 Å². The molecule has 1 heterocycles. The average Bonchev–Trinajstić information content (AvgIpc) is 2.69. The predicted molar refractivity (Wildman–Crippen MR) is 70.2 cm³/mol. The van der Waals surface area contributed by atoms with Crippen molar-refractivity contribution in [3.05, 3.63) is 52.6 Å². The zero-order valence-corrected chi connectivity index (χ0v) is 10.8. The third-order valence-corrected chi connectivity index (χ3v) is 3.12. The number of benzene rings is 1. The van der Waals surface area contributed by atoms with Crippen LogP contribution in [0.2, 0.25) is 5.02 Å². The van der Waals surface area contributed by atoms with Crippen molar-refractivity contribution in [3.63, 3.8) is 0 Å². The summed E-state index contributed by atoms with van der Waals surface area (Å²) in [6, 6.07) is 6.18. The maximum atomic E-state index is 6.27. The molecule has 0 saturated heterocycles. The van der Waals surface area contributed by atoms with Crippen LogP contribution in [0.1, 0.15) is 17.0 Å². The average molecular weight is 250 g/mol. The lowest BCUT2D eigenvalue weighted by atomic mass is 10.1. The molecule has 90 valence electrons. The second kappa shape index (κ2) is 5.34. The van der Waals surface area contributed by atoms with E-state index in [2.05, 4.69) is 22.4 Å². The molecule has 0 aliphatic heterocycles. The van der Waals surface area contributed by atoms with E-state index in [1.54, 1.807) is 6.20 Å². The van der Waals surface area contributed by atoms with Crippen molar-refractivity contribution in [1.29, 1.82) is 0 Å². The van der Waals surface area contributed by atoms with Gasteiger partial charge < -0.3 is 9.88 Å². The van der Waals surface area contributed by atoms with Crippen LogP contribution in [0, 0.1) is 0 Å². The molecule has 3 nitrogen and oxygen atoms in total. The van der Waals surface area contributed by atoms with Crippen molar-refractivity contribution in [2.75, 3.05) is 7.05 Å². The summed E-state index contributed by atoms with van der Waals surface area (Å²) >= 11 is 6.27. The van der Waals surface area contributed by atoms with Gasteiger partial charge >= 0.3 is 0 Å². The molecule has 0 fully saturated rings. The molecule has 2 aromatic rings. The Balaban J connectivity index is 2.19. The third kappa shape index (κ3) is 2.87. The largest absolute Gasteiger partial charge is 0.338 e. The van der Waals surface area contributed by atoms with Crippen LogP contribution < -0.4 is 5.32 Å². The summed E-state index contributed by atoms with van der Waals surface area (Å²) in [4.78, 5) is 4.30. The smallest absolute Gasteiger partial charge is 0.112 e. The fraction of sp³-hybridized carbons (Fsp3) is 0.308. The van der Waals surface area contributed by atoms with E-state index in [1.807, 2.05) is 30.9 Å². The van der Waals surface area contributed by atoms with E-state index in [0.717, 1.165) is 29.4 Å². The van der Waals surface area contributed by atoms with Crippen LogP contribution in [0.5, 0.6) is 0 Å². The quantitative estimate of drug-likeness (QED) is 0.902. The van der Waals surface area contributed by atoms with Crippen molar-refractivity contribution >= 4 is 11.6 Å². The second-order valence-corrected chi connectivity index (χ2v) is 4.49. The molecule has 0 aliphatic carbocycles. The number of hydrogen-bond donors (Lipinski definition) is 1. The highest BCUT2D eigenvalue weighted by Crippen LogP contribution is 2.20. The highest BCUT2D eigenvalue weighted by molar-refractivity contribution is 6.31. The lowest BCUT2D eigenvalue weighted by Gasteiger charge is -2.07. The summed E-state index contributed by atoms with van der Waals surface area (Å²) in [5.74, 6) is 1.02. The van der Waals surface area contributed by atoms with E-state index >= 15 is 0 Å². The Hall–Kier alpha value is -1.32. The monoisotopic (exact) mass is 249 g/mol. The van der Waals surface area contributed by atoms with E-state index < -0.39 is 0 Å². The van der Waals surface area contributed by atoms with Gasteiger partial charge in [0, 0.05) is 37.4 Å². The van der Waals surface area contributed by atoms with Crippen LogP contribution in [-0.4, -0.2) is 16.6 Å². The SMILES string of the molecule is CNCc1ccc(Cc2nccn2C)c(Cl)c1. The van der Waals surface area contributed by atoms with Gasteiger partial charge in [-0.05, 0) is 24.2 Å². The highest BCUT2D eigenvalue weighted by Gasteiger charge is 2.06. The standard InChI is InChI=1S/C13H16ClN3/c1-15-9-10-3-4-11(12(14)7-10)8-13-16-5-6-17(13)2/h3-7,15H,8-9H2,1-2H3. The van der Waals surface area contributed by atoms with Crippen molar-refractivity contribution in [2.24, 2.45) is 7.05 Å². The molecule has 2 rings (SSSR count). The number of nitrogens with one attached hydrogen (secondary N) is 1. The van der Waals surface area contributed by atoms with Crippen LogP contribution in [-0.2, 0) is 20.0 Å². The molecule has 4 heteroatoms. The molecule has 0 spiro atoms. The molecule has 0 aliphatic rings. The van der Waals surface area contributed by atoms with Gasteiger partial charge in [0.05, 0.1) is 0 Å². The van der Waals surface area contributed by atoms with Crippen molar-refractivity contribution in [3.8, 4) is 0 Å². The number of hydrogen-bond acceptors (Lipinski definition) is 2. The predicted octanol–water partition coefficient (Wildman–Crippen LogP) is 2.38. The van der Waals surface area contributed by atoms with Crippen LogP contribution in [0.4, 0.5) is 0 Å². The fourth-order valence-corrected chi connectivity index (χ4v) is 2.06. The zero-order valence-electron chi connectivity index (χ0n) is 10.1. The molecule has 0 amide bonds. The van der Waals surface area contributed by atoms with Crippen molar-refractivity contribution in [2.45, 2.75) is 13.0 Å². The summed E-state index contributed by atoms with van der Waals surface area (Å²) in [5, 5.41) is 3.92. The fourth-order valence-electron chi connectivity index (χ4n) is 1.79. The van der Waals surface area contributed by atoms with Crippen LogP contribution >= 0.6 is 11.6 Å². The van der Waals surface area contributed by atoms with Gasteiger partial charge in [-0.3, -0.25) is 0 Å². The molecule has 0 atom stereocenters. The summed E-state index contributed by atoms with van der Waals surface area (Å²) < 4.78 is 2.01.